The summed E-state index contributed by atoms with van der Waals surface area (Å²) in [6, 6.07) is 11.1. The molecule has 4 aromatic rings. The first-order valence-corrected chi connectivity index (χ1v) is 11.3. The lowest BCUT2D eigenvalue weighted by atomic mass is 9.98. The summed E-state index contributed by atoms with van der Waals surface area (Å²) >= 11 is 1.30. The van der Waals surface area contributed by atoms with Crippen LogP contribution in [0.5, 0.6) is 0 Å². The summed E-state index contributed by atoms with van der Waals surface area (Å²) in [6.07, 6.45) is 0.638. The Balaban J connectivity index is 1.78. The fourth-order valence-corrected chi connectivity index (χ4v) is 5.51. The second kappa shape index (κ2) is 7.61. The summed E-state index contributed by atoms with van der Waals surface area (Å²) in [5, 5.41) is 3.75. The van der Waals surface area contributed by atoms with Crippen molar-refractivity contribution in [2.45, 2.75) is 24.0 Å². The molecule has 0 unspecified atom stereocenters. The van der Waals surface area contributed by atoms with E-state index >= 15 is 0 Å². The summed E-state index contributed by atoms with van der Waals surface area (Å²) in [4.78, 5) is 8.68. The van der Waals surface area contributed by atoms with Crippen LogP contribution in [-0.4, -0.2) is 18.4 Å². The zero-order valence-corrected chi connectivity index (χ0v) is 17.0. The number of aryl methyl sites for hydroxylation is 1. The molecule has 4 rings (SSSR count). The molecule has 148 valence electrons. The molecular weight excluding hydrogens is 414 g/mol. The van der Waals surface area contributed by atoms with Gasteiger partial charge >= 0.3 is 0 Å². The molecule has 0 bridgehead atoms. The first-order valence-electron chi connectivity index (χ1n) is 8.74. The van der Waals surface area contributed by atoms with E-state index in [0.717, 1.165) is 10.9 Å². The highest BCUT2D eigenvalue weighted by atomic mass is 32.2. The monoisotopic (exact) mass is 430 g/mol. The van der Waals surface area contributed by atoms with Crippen molar-refractivity contribution in [3.8, 4) is 11.3 Å². The van der Waals surface area contributed by atoms with Crippen molar-refractivity contribution in [3.05, 3.63) is 76.4 Å². The van der Waals surface area contributed by atoms with Crippen LogP contribution >= 0.6 is 11.3 Å². The van der Waals surface area contributed by atoms with Crippen LogP contribution in [0.2, 0.25) is 0 Å². The molecule has 4 nitrogen and oxygen atoms in total. The number of nitrogens with zero attached hydrogens (tertiary/aromatic N) is 2. The molecular formula is C21H16F2N2O2S2. The van der Waals surface area contributed by atoms with Crippen molar-refractivity contribution >= 4 is 31.9 Å². The number of hydrogen-bond acceptors (Lipinski definition) is 5. The zero-order valence-electron chi connectivity index (χ0n) is 15.3. The molecule has 8 heteroatoms. The Morgan fingerprint density at radius 3 is 2.55 bits per heavy atom. The molecule has 0 aliphatic heterocycles. The fourth-order valence-electron chi connectivity index (χ4n) is 3.22. The molecule has 0 saturated heterocycles. The lowest BCUT2D eigenvalue weighted by Gasteiger charge is -2.11. The topological polar surface area (TPSA) is 59.9 Å². The van der Waals surface area contributed by atoms with E-state index in [4.69, 9.17) is 0 Å². The fraction of sp³-hybridized carbons (Fsp3) is 0.143. The minimum atomic E-state index is -3.53. The van der Waals surface area contributed by atoms with Gasteiger partial charge < -0.3 is 0 Å². The van der Waals surface area contributed by atoms with Crippen LogP contribution in [0, 0.1) is 6.92 Å². The van der Waals surface area contributed by atoms with E-state index in [1.165, 1.54) is 23.5 Å². The number of rotatable bonds is 5. The molecule has 2 heterocycles. The quantitative estimate of drug-likeness (QED) is 0.415. The predicted molar refractivity (Wildman–Crippen MR) is 110 cm³/mol. The number of sulfone groups is 1. The van der Waals surface area contributed by atoms with Gasteiger partial charge in [0.1, 0.15) is 10.8 Å². The van der Waals surface area contributed by atoms with Gasteiger partial charge in [-0.3, -0.25) is 4.98 Å². The van der Waals surface area contributed by atoms with Crippen LogP contribution in [0.1, 0.15) is 22.6 Å². The second-order valence-corrected chi connectivity index (χ2v) is 9.57. The first-order chi connectivity index (χ1) is 13.8. The van der Waals surface area contributed by atoms with Crippen molar-refractivity contribution in [3.63, 3.8) is 0 Å². The van der Waals surface area contributed by atoms with Crippen molar-refractivity contribution in [1.29, 1.82) is 0 Å². The molecule has 2 aromatic carbocycles. The summed E-state index contributed by atoms with van der Waals surface area (Å²) in [5.41, 5.74) is 2.01. The van der Waals surface area contributed by atoms with Gasteiger partial charge in [-0.2, -0.15) is 0 Å². The average molecular weight is 431 g/mol. The summed E-state index contributed by atoms with van der Waals surface area (Å²) in [6.45, 7) is 1.76. The number of pyridine rings is 1. The van der Waals surface area contributed by atoms with Gasteiger partial charge in [0.25, 0.3) is 6.43 Å². The Bertz CT molecular complexity index is 1290. The Morgan fingerprint density at radius 1 is 1.03 bits per heavy atom. The van der Waals surface area contributed by atoms with E-state index in [1.54, 1.807) is 55.0 Å². The summed E-state index contributed by atoms with van der Waals surface area (Å²) in [7, 11) is -3.53. The van der Waals surface area contributed by atoms with Gasteiger partial charge in [-0.25, -0.2) is 22.2 Å². The van der Waals surface area contributed by atoms with Gasteiger partial charge in [-0.15, -0.1) is 11.3 Å². The minimum absolute atomic E-state index is 0.0398. The maximum absolute atomic E-state index is 12.9. The van der Waals surface area contributed by atoms with Crippen LogP contribution < -0.4 is 0 Å². The lowest BCUT2D eigenvalue weighted by molar-refractivity contribution is 0.151. The van der Waals surface area contributed by atoms with Gasteiger partial charge in [0, 0.05) is 34.3 Å². The van der Waals surface area contributed by atoms with Crippen molar-refractivity contribution in [2.75, 3.05) is 0 Å². The van der Waals surface area contributed by atoms with Crippen LogP contribution in [-0.2, 0) is 15.6 Å². The van der Waals surface area contributed by atoms with E-state index in [2.05, 4.69) is 9.97 Å². The van der Waals surface area contributed by atoms with E-state index < -0.39 is 16.3 Å². The van der Waals surface area contributed by atoms with Gasteiger partial charge in [0.2, 0.25) is 0 Å². The normalized spacial score (nSPS) is 12.0. The second-order valence-electron chi connectivity index (χ2n) is 6.60. The van der Waals surface area contributed by atoms with E-state index in [-0.39, 0.29) is 16.2 Å². The summed E-state index contributed by atoms with van der Waals surface area (Å²) < 4.78 is 51.4. The molecule has 0 spiro atoms. The van der Waals surface area contributed by atoms with Crippen molar-refractivity contribution < 1.29 is 17.2 Å². The average Bonchev–Trinajstić information content (AvgIpc) is 3.19. The number of benzene rings is 2. The Morgan fingerprint density at radius 2 is 1.86 bits per heavy atom. The Hall–Kier alpha value is -2.71. The van der Waals surface area contributed by atoms with E-state index in [0.29, 0.717) is 21.7 Å². The molecule has 0 saturated carbocycles. The third-order valence-electron chi connectivity index (χ3n) is 4.65. The molecule has 0 amide bonds. The molecule has 0 atom stereocenters. The maximum atomic E-state index is 12.9. The van der Waals surface area contributed by atoms with Crippen molar-refractivity contribution in [1.82, 2.24) is 9.97 Å². The highest BCUT2D eigenvalue weighted by Gasteiger charge is 2.19. The van der Waals surface area contributed by atoms with Crippen LogP contribution in [0.3, 0.4) is 0 Å². The third-order valence-corrected chi connectivity index (χ3v) is 7.24. The lowest BCUT2D eigenvalue weighted by Crippen LogP contribution is -2.04. The first kappa shape index (κ1) is 19.6. The van der Waals surface area contributed by atoms with Crippen LogP contribution in [0.15, 0.2) is 65.1 Å². The van der Waals surface area contributed by atoms with E-state index in [1.807, 2.05) is 0 Å². The highest BCUT2D eigenvalue weighted by Crippen LogP contribution is 2.32. The van der Waals surface area contributed by atoms with Crippen LogP contribution in [0.4, 0.5) is 8.78 Å². The summed E-state index contributed by atoms with van der Waals surface area (Å²) in [5.74, 6) is -0.150. The van der Waals surface area contributed by atoms with Gasteiger partial charge in [-0.1, -0.05) is 18.2 Å². The number of thiazole rings is 1. The standard InChI is InChI=1S/C21H16F2N2O2S2/c1-13-10-15(21(22)23)2-4-17(13)20-18-5-3-16(11-14(18)6-7-25-20)29(26,27)12-19-24-8-9-28-19/h2-11,21H,12H2,1H3. The molecule has 2 aromatic heterocycles. The van der Waals surface area contributed by atoms with Gasteiger partial charge in [0.15, 0.2) is 9.84 Å². The largest absolute Gasteiger partial charge is 0.263 e. The number of hydrogen-bond donors (Lipinski definition) is 0. The van der Waals surface area contributed by atoms with Crippen molar-refractivity contribution in [2.24, 2.45) is 0 Å². The maximum Gasteiger partial charge on any atom is 0.263 e. The molecule has 0 aliphatic carbocycles. The third kappa shape index (κ3) is 3.90. The Labute approximate surface area is 170 Å². The van der Waals surface area contributed by atoms with Gasteiger partial charge in [0.05, 0.1) is 10.6 Å². The molecule has 29 heavy (non-hydrogen) atoms. The molecule has 0 aliphatic rings. The smallest absolute Gasteiger partial charge is 0.256 e. The highest BCUT2D eigenvalue weighted by molar-refractivity contribution is 7.90. The predicted octanol–water partition coefficient (Wildman–Crippen LogP) is 5.58. The number of alkyl halides is 2. The SMILES string of the molecule is Cc1cc(C(F)F)ccc1-c1nccc2cc(S(=O)(=O)Cc3nccs3)ccc12. The number of halogens is 2. The minimum Gasteiger partial charge on any atom is -0.256 e. The van der Waals surface area contributed by atoms with Crippen LogP contribution in [0.25, 0.3) is 22.0 Å². The Kier molecular flexibility index (Phi) is 5.14. The van der Waals surface area contributed by atoms with Gasteiger partial charge in [-0.05, 0) is 42.1 Å². The molecule has 0 fully saturated rings. The number of aromatic nitrogens is 2. The molecule has 0 N–H and O–H groups in total. The zero-order chi connectivity index (χ0) is 20.6. The number of fused-ring (bicyclic) bond motifs is 1. The van der Waals surface area contributed by atoms with E-state index in [9.17, 15) is 17.2 Å². The molecule has 0 radical (unpaired) electrons.